The lowest BCUT2D eigenvalue weighted by atomic mass is 10.1. The molecule has 0 aromatic heterocycles. The van der Waals surface area contributed by atoms with Gasteiger partial charge in [0.2, 0.25) is 0 Å². The van der Waals surface area contributed by atoms with Crippen LogP contribution >= 0.6 is 0 Å². The summed E-state index contributed by atoms with van der Waals surface area (Å²) >= 11 is 0. The molecule has 142 valence electrons. The summed E-state index contributed by atoms with van der Waals surface area (Å²) in [5.41, 5.74) is 10.2. The summed E-state index contributed by atoms with van der Waals surface area (Å²) < 4.78 is 0. The molecule has 1 aliphatic carbocycles. The smallest absolute Gasteiger partial charge is 0.0636 e. The van der Waals surface area contributed by atoms with Crippen LogP contribution in [-0.2, 0) is 0 Å². The molecule has 27 heavy (non-hydrogen) atoms. The van der Waals surface area contributed by atoms with Gasteiger partial charge in [-0.3, -0.25) is 0 Å². The molecule has 0 nitrogen and oxygen atoms in total. The first-order valence-electron chi connectivity index (χ1n) is 10.1. The molecule has 0 amide bonds. The Kier molecular flexibility index (Phi) is 5.11. The average molecular weight is 375 g/mol. The second kappa shape index (κ2) is 6.94. The molecule has 2 aromatic carbocycles. The van der Waals surface area contributed by atoms with Gasteiger partial charge in [-0.05, 0) is 81.5 Å². The molecule has 0 fully saturated rings. The largest absolute Gasteiger partial charge is 0.142 e. The molecule has 0 spiro atoms. The van der Waals surface area contributed by atoms with Crippen molar-refractivity contribution < 1.29 is 0 Å². The van der Waals surface area contributed by atoms with Crippen LogP contribution in [-0.4, -0.2) is 8.07 Å². The van der Waals surface area contributed by atoms with Crippen LogP contribution < -0.4 is 10.4 Å². The third-order valence-electron chi connectivity index (χ3n) is 7.12. The van der Waals surface area contributed by atoms with Crippen molar-refractivity contribution in [2.75, 3.05) is 0 Å². The fraction of sp³-hybridized carbons (Fsp3) is 0.385. The van der Waals surface area contributed by atoms with Crippen LogP contribution in [0, 0.1) is 33.6 Å². The first-order chi connectivity index (χ1) is 12.6. The molecule has 3 rings (SSSR count). The lowest BCUT2D eigenvalue weighted by Crippen LogP contribution is -2.60. The zero-order chi connectivity index (χ0) is 20.1. The van der Waals surface area contributed by atoms with E-state index in [9.17, 15) is 0 Å². The molecule has 1 heteroatoms. The fourth-order valence-corrected chi connectivity index (χ4v) is 10.5. The molecule has 0 heterocycles. The molecule has 2 atom stereocenters. The molecule has 0 radical (unpaired) electrons. The van der Waals surface area contributed by atoms with Crippen LogP contribution in [0.5, 0.6) is 0 Å². The normalized spacial score (nSPS) is 19.7. The zero-order valence-corrected chi connectivity index (χ0v) is 19.5. The minimum atomic E-state index is -2.08. The molecule has 1 aliphatic rings. The molecule has 2 unspecified atom stereocenters. The van der Waals surface area contributed by atoms with Crippen molar-refractivity contribution in [1.82, 2.24) is 0 Å². The predicted octanol–water partition coefficient (Wildman–Crippen LogP) is 5.95. The molecule has 0 saturated heterocycles. The van der Waals surface area contributed by atoms with Gasteiger partial charge >= 0.3 is 0 Å². The second-order valence-corrected chi connectivity index (χ2v) is 12.7. The molecule has 0 N–H and O–H groups in total. The van der Waals surface area contributed by atoms with Gasteiger partial charge in [0.05, 0.1) is 0 Å². The monoisotopic (exact) mass is 374 g/mol. The average Bonchev–Trinajstić information content (AvgIpc) is 2.79. The topological polar surface area (TPSA) is 0 Å². The summed E-state index contributed by atoms with van der Waals surface area (Å²) in [6.07, 6.45) is 0. The van der Waals surface area contributed by atoms with E-state index >= 15 is 0 Å². The van der Waals surface area contributed by atoms with Gasteiger partial charge in [0.15, 0.2) is 0 Å². The van der Waals surface area contributed by atoms with E-state index in [0.717, 1.165) is 0 Å². The van der Waals surface area contributed by atoms with Crippen LogP contribution in [0.2, 0.25) is 6.55 Å². The van der Waals surface area contributed by atoms with Gasteiger partial charge in [-0.25, -0.2) is 0 Å². The Labute approximate surface area is 167 Å². The van der Waals surface area contributed by atoms with Crippen LogP contribution in [0.25, 0.3) is 0 Å². The standard InChI is InChI=1S/C26H34Si/c1-16-13-17(2)15-24(14-16)27(9,25-12-10-11-18(3)19(25)4)26-22(7)20(5)21(6)23(26)8/h10-15,22H,1-9H3. The maximum atomic E-state index is 2.59. The highest BCUT2D eigenvalue weighted by atomic mass is 28.3. The molecule has 0 aliphatic heterocycles. The van der Waals surface area contributed by atoms with E-state index < -0.39 is 8.07 Å². The van der Waals surface area contributed by atoms with Crippen molar-refractivity contribution in [3.05, 3.63) is 80.6 Å². The van der Waals surface area contributed by atoms with Crippen LogP contribution in [0.15, 0.2) is 58.3 Å². The highest BCUT2D eigenvalue weighted by Crippen LogP contribution is 2.41. The number of hydrogen-bond acceptors (Lipinski definition) is 0. The highest BCUT2D eigenvalue weighted by Gasteiger charge is 2.43. The summed E-state index contributed by atoms with van der Waals surface area (Å²) in [7, 11) is -2.08. The molecular formula is C26H34Si. The quantitative estimate of drug-likeness (QED) is 0.582. The Hall–Kier alpha value is -1.86. The van der Waals surface area contributed by atoms with E-state index in [1.807, 2.05) is 0 Å². The molecule has 2 aromatic rings. The number of aryl methyl sites for hydroxylation is 3. The molecule has 0 bridgehead atoms. The van der Waals surface area contributed by atoms with Gasteiger partial charge in [0.25, 0.3) is 0 Å². The van der Waals surface area contributed by atoms with E-state index in [4.69, 9.17) is 0 Å². The van der Waals surface area contributed by atoms with E-state index in [1.165, 1.54) is 33.4 Å². The van der Waals surface area contributed by atoms with Gasteiger partial charge in [-0.1, -0.05) is 77.3 Å². The highest BCUT2D eigenvalue weighted by molar-refractivity contribution is 7.07. The minimum absolute atomic E-state index is 0.530. The summed E-state index contributed by atoms with van der Waals surface area (Å²) in [6, 6.07) is 14.1. The number of rotatable bonds is 3. The summed E-state index contributed by atoms with van der Waals surface area (Å²) in [6.45, 7) is 21.1. The lowest BCUT2D eigenvalue weighted by molar-refractivity contribution is 0.850. The third-order valence-corrected chi connectivity index (χ3v) is 12.1. The van der Waals surface area contributed by atoms with Gasteiger partial charge in [0.1, 0.15) is 8.07 Å². The van der Waals surface area contributed by atoms with E-state index in [1.54, 1.807) is 21.1 Å². The minimum Gasteiger partial charge on any atom is -0.0636 e. The van der Waals surface area contributed by atoms with Crippen molar-refractivity contribution in [1.29, 1.82) is 0 Å². The van der Waals surface area contributed by atoms with Crippen molar-refractivity contribution in [2.45, 2.75) is 61.9 Å². The Bertz CT molecular complexity index is 953. The summed E-state index contributed by atoms with van der Waals surface area (Å²) in [5.74, 6) is 0.530. The first-order valence-corrected chi connectivity index (χ1v) is 12.6. The van der Waals surface area contributed by atoms with Crippen LogP contribution in [0.1, 0.15) is 49.9 Å². The van der Waals surface area contributed by atoms with Gasteiger partial charge in [-0.2, -0.15) is 0 Å². The molecule has 0 saturated carbocycles. The summed E-state index contributed by atoms with van der Waals surface area (Å²) in [5, 5.41) is 4.84. The van der Waals surface area contributed by atoms with E-state index in [2.05, 4.69) is 98.3 Å². The number of allylic oxidation sites excluding steroid dienone is 4. The fourth-order valence-electron chi connectivity index (χ4n) is 5.18. The third kappa shape index (κ3) is 3.06. The first kappa shape index (κ1) is 19.9. The van der Waals surface area contributed by atoms with Crippen LogP contribution in [0.4, 0.5) is 0 Å². The Morgan fingerprint density at radius 1 is 0.778 bits per heavy atom. The van der Waals surface area contributed by atoms with Crippen molar-refractivity contribution >= 4 is 18.4 Å². The van der Waals surface area contributed by atoms with Gasteiger partial charge in [0, 0.05) is 0 Å². The predicted molar refractivity (Wildman–Crippen MR) is 123 cm³/mol. The summed E-state index contributed by atoms with van der Waals surface area (Å²) in [4.78, 5) is 0. The number of benzene rings is 2. The maximum absolute atomic E-state index is 2.59. The second-order valence-electron chi connectivity index (χ2n) is 8.82. The SMILES string of the molecule is CC1=C(C)C(C)C([Si](C)(c2cc(C)cc(C)c2)c2cccc(C)c2C)=C1C. The Morgan fingerprint density at radius 3 is 1.89 bits per heavy atom. The Balaban J connectivity index is 2.40. The van der Waals surface area contributed by atoms with E-state index in [0.29, 0.717) is 5.92 Å². The van der Waals surface area contributed by atoms with Gasteiger partial charge in [-0.15, -0.1) is 0 Å². The number of hydrogen-bond donors (Lipinski definition) is 0. The maximum Gasteiger partial charge on any atom is 0.142 e. The van der Waals surface area contributed by atoms with Crippen molar-refractivity contribution in [2.24, 2.45) is 5.92 Å². The van der Waals surface area contributed by atoms with Gasteiger partial charge < -0.3 is 0 Å². The Morgan fingerprint density at radius 2 is 1.37 bits per heavy atom. The van der Waals surface area contributed by atoms with Crippen molar-refractivity contribution in [3.8, 4) is 0 Å². The van der Waals surface area contributed by atoms with Crippen molar-refractivity contribution in [3.63, 3.8) is 0 Å². The van der Waals surface area contributed by atoms with E-state index in [-0.39, 0.29) is 0 Å². The lowest BCUT2D eigenvalue weighted by Gasteiger charge is -2.36. The molecular weight excluding hydrogens is 340 g/mol. The van der Waals surface area contributed by atoms with Crippen LogP contribution in [0.3, 0.4) is 0 Å². The zero-order valence-electron chi connectivity index (χ0n) is 18.5.